The Hall–Kier alpha value is -2.29. The maximum Gasteiger partial charge on any atom is 0.0645 e. The summed E-state index contributed by atoms with van der Waals surface area (Å²) in [5.41, 5.74) is 2.75. The molecule has 2 rings (SSSR count). The number of hydrogen-bond acceptors (Lipinski definition) is 2. The Morgan fingerprint density at radius 3 is 2.88 bits per heavy atom. The quantitative estimate of drug-likeness (QED) is 0.641. The van der Waals surface area contributed by atoms with Crippen LogP contribution in [-0.4, -0.2) is 11.0 Å². The van der Waals surface area contributed by atoms with Gasteiger partial charge in [0, 0.05) is 17.1 Å². The number of aliphatic carboxylic acids is 1. The Balaban J connectivity index is 2.30. The fourth-order valence-corrected chi connectivity index (χ4v) is 1.69. The minimum Gasteiger partial charge on any atom is -0.545 e. The number of aromatic amines is 1. The van der Waals surface area contributed by atoms with Gasteiger partial charge in [-0.3, -0.25) is 0 Å². The fourth-order valence-electron chi connectivity index (χ4n) is 1.69. The second kappa shape index (κ2) is 4.70. The van der Waals surface area contributed by atoms with Crippen molar-refractivity contribution in [3.05, 3.63) is 53.8 Å². The Morgan fingerprint density at radius 1 is 1.35 bits per heavy atom. The van der Waals surface area contributed by atoms with Gasteiger partial charge in [0.1, 0.15) is 0 Å². The highest BCUT2D eigenvalue weighted by Crippen LogP contribution is 2.19. The Morgan fingerprint density at radius 2 is 2.12 bits per heavy atom. The molecular formula is C14H12NO2-. The van der Waals surface area contributed by atoms with Gasteiger partial charge >= 0.3 is 0 Å². The van der Waals surface area contributed by atoms with Gasteiger partial charge in [0.25, 0.3) is 0 Å². The Labute approximate surface area is 99.1 Å². The van der Waals surface area contributed by atoms with Gasteiger partial charge in [-0.15, -0.1) is 0 Å². The second-order valence-electron chi connectivity index (χ2n) is 3.83. The molecular weight excluding hydrogens is 214 g/mol. The number of carbonyl (C=O) groups excluding carboxylic acids is 1. The van der Waals surface area contributed by atoms with E-state index in [0.29, 0.717) is 5.57 Å². The molecule has 0 unspecified atom stereocenters. The number of nitrogens with one attached hydrogen (secondary N) is 1. The van der Waals surface area contributed by atoms with Crippen LogP contribution in [0.15, 0.2) is 48.2 Å². The first-order valence-corrected chi connectivity index (χ1v) is 5.30. The summed E-state index contributed by atoms with van der Waals surface area (Å²) in [6.07, 6.45) is 6.61. The molecule has 17 heavy (non-hydrogen) atoms. The molecule has 0 saturated heterocycles. The van der Waals surface area contributed by atoms with Gasteiger partial charge in [-0.05, 0) is 30.2 Å². The summed E-state index contributed by atoms with van der Waals surface area (Å²) in [5.74, 6) is -1.17. The molecule has 3 heteroatoms. The maximum atomic E-state index is 10.4. The lowest BCUT2D eigenvalue weighted by molar-refractivity contribution is -0.297. The molecule has 1 N–H and O–H groups in total. The first-order valence-electron chi connectivity index (χ1n) is 5.30. The first-order chi connectivity index (χ1) is 8.16. The number of rotatable bonds is 3. The monoisotopic (exact) mass is 226 g/mol. The van der Waals surface area contributed by atoms with Gasteiger partial charge in [0.15, 0.2) is 0 Å². The molecule has 0 saturated carbocycles. The van der Waals surface area contributed by atoms with E-state index in [4.69, 9.17) is 0 Å². The van der Waals surface area contributed by atoms with Crippen LogP contribution in [-0.2, 0) is 4.79 Å². The molecule has 1 heterocycles. The van der Waals surface area contributed by atoms with Gasteiger partial charge in [0.05, 0.1) is 5.97 Å². The van der Waals surface area contributed by atoms with E-state index in [9.17, 15) is 9.90 Å². The molecule has 0 fully saturated rings. The number of fused-ring (bicyclic) bond motifs is 1. The predicted octanol–water partition coefficient (Wildman–Crippen LogP) is 1.88. The van der Waals surface area contributed by atoms with Gasteiger partial charge in [0.2, 0.25) is 0 Å². The minimum atomic E-state index is -1.17. The molecule has 0 spiro atoms. The highest BCUT2D eigenvalue weighted by atomic mass is 16.4. The summed E-state index contributed by atoms with van der Waals surface area (Å²) < 4.78 is 0. The molecule has 0 amide bonds. The van der Waals surface area contributed by atoms with Gasteiger partial charge in [-0.1, -0.05) is 30.4 Å². The molecule has 0 aliphatic carbocycles. The number of carbonyl (C=O) groups is 1. The maximum absolute atomic E-state index is 10.4. The number of hydrogen-bond donors (Lipinski definition) is 1. The highest BCUT2D eigenvalue weighted by Gasteiger charge is 1.98. The third-order valence-electron chi connectivity index (χ3n) is 2.49. The number of benzene rings is 1. The molecule has 1 aromatic carbocycles. The van der Waals surface area contributed by atoms with Crippen molar-refractivity contribution >= 4 is 22.9 Å². The summed E-state index contributed by atoms with van der Waals surface area (Å²) in [7, 11) is 0. The van der Waals surface area contributed by atoms with E-state index in [2.05, 4.69) is 4.98 Å². The van der Waals surface area contributed by atoms with Crippen molar-refractivity contribution < 1.29 is 9.90 Å². The van der Waals surface area contributed by atoms with Crippen molar-refractivity contribution in [1.29, 1.82) is 0 Å². The summed E-state index contributed by atoms with van der Waals surface area (Å²) in [6.45, 7) is 1.72. The molecule has 1 aromatic heterocycles. The average Bonchev–Trinajstić information content (AvgIpc) is 2.69. The Kier molecular flexibility index (Phi) is 3.10. The molecule has 0 bridgehead atoms. The van der Waals surface area contributed by atoms with Crippen molar-refractivity contribution in [3.63, 3.8) is 0 Å². The van der Waals surface area contributed by atoms with Crippen LogP contribution in [0.2, 0.25) is 0 Å². The lowest BCUT2D eigenvalue weighted by Crippen LogP contribution is -2.19. The second-order valence-corrected chi connectivity index (χ2v) is 3.83. The lowest BCUT2D eigenvalue weighted by Gasteiger charge is -1.95. The largest absolute Gasteiger partial charge is 0.545 e. The minimum absolute atomic E-state index is 0.648. The van der Waals surface area contributed by atoms with E-state index < -0.39 is 5.97 Å². The highest BCUT2D eigenvalue weighted by molar-refractivity contribution is 5.89. The average molecular weight is 226 g/mol. The van der Waals surface area contributed by atoms with Crippen molar-refractivity contribution in [3.8, 4) is 0 Å². The molecule has 0 radical (unpaired) electrons. The number of carboxylic acid groups (broad SMARTS) is 1. The van der Waals surface area contributed by atoms with Gasteiger partial charge in [-0.25, -0.2) is 0 Å². The number of H-pyrrole nitrogens is 1. The van der Waals surface area contributed by atoms with Crippen LogP contribution in [0.4, 0.5) is 0 Å². The fraction of sp³-hybridized carbons (Fsp3) is 0.0714. The van der Waals surface area contributed by atoms with E-state index in [1.165, 1.54) is 0 Å². The zero-order valence-corrected chi connectivity index (χ0v) is 9.44. The standard InChI is InChI=1S/C14H13NO2/c1-10(8-14(16)17)6-7-11-9-15-13-5-3-2-4-12(11)13/h2-9,15H,1H3,(H,16,17)/p-1. The lowest BCUT2D eigenvalue weighted by atomic mass is 10.1. The predicted molar refractivity (Wildman–Crippen MR) is 66.1 cm³/mol. The van der Waals surface area contributed by atoms with Gasteiger partial charge < -0.3 is 14.9 Å². The molecule has 86 valence electrons. The Bertz CT molecular complexity index is 605. The summed E-state index contributed by atoms with van der Waals surface area (Å²) in [5, 5.41) is 11.5. The normalized spacial score (nSPS) is 12.4. The SMILES string of the molecule is CC(C=Cc1c[nH]c2ccccc12)=CC(=O)[O-]. The van der Waals surface area contributed by atoms with Crippen LogP contribution >= 0.6 is 0 Å². The number of allylic oxidation sites excluding steroid dienone is 2. The summed E-state index contributed by atoms with van der Waals surface area (Å²) in [4.78, 5) is 13.5. The smallest absolute Gasteiger partial charge is 0.0645 e. The molecule has 3 nitrogen and oxygen atoms in total. The molecule has 0 atom stereocenters. The molecule has 0 aliphatic rings. The molecule has 2 aromatic rings. The third kappa shape index (κ3) is 2.64. The van der Waals surface area contributed by atoms with E-state index in [0.717, 1.165) is 22.5 Å². The zero-order chi connectivity index (χ0) is 12.3. The number of carboxylic acids is 1. The van der Waals surface area contributed by atoms with E-state index in [1.54, 1.807) is 13.0 Å². The van der Waals surface area contributed by atoms with Crippen LogP contribution in [0.1, 0.15) is 12.5 Å². The zero-order valence-electron chi connectivity index (χ0n) is 9.44. The van der Waals surface area contributed by atoms with E-state index in [1.807, 2.05) is 36.5 Å². The third-order valence-corrected chi connectivity index (χ3v) is 2.49. The van der Waals surface area contributed by atoms with Crippen molar-refractivity contribution in [2.75, 3.05) is 0 Å². The van der Waals surface area contributed by atoms with Crippen LogP contribution in [0, 0.1) is 0 Å². The van der Waals surface area contributed by atoms with Crippen molar-refractivity contribution in [2.45, 2.75) is 6.92 Å². The first kappa shape index (κ1) is 11.2. The number of para-hydroxylation sites is 1. The van der Waals surface area contributed by atoms with Crippen LogP contribution in [0.5, 0.6) is 0 Å². The van der Waals surface area contributed by atoms with Crippen molar-refractivity contribution in [2.24, 2.45) is 0 Å². The summed E-state index contributed by atoms with van der Waals surface area (Å²) >= 11 is 0. The topological polar surface area (TPSA) is 55.9 Å². The van der Waals surface area contributed by atoms with Crippen molar-refractivity contribution in [1.82, 2.24) is 4.98 Å². The van der Waals surface area contributed by atoms with E-state index in [-0.39, 0.29) is 0 Å². The number of aromatic nitrogens is 1. The molecule has 0 aliphatic heterocycles. The van der Waals surface area contributed by atoms with E-state index >= 15 is 0 Å². The summed E-state index contributed by atoms with van der Waals surface area (Å²) in [6, 6.07) is 7.95. The van der Waals surface area contributed by atoms with Gasteiger partial charge in [-0.2, -0.15) is 0 Å². The van der Waals surface area contributed by atoms with Crippen LogP contribution in [0.3, 0.4) is 0 Å². The van der Waals surface area contributed by atoms with Crippen LogP contribution in [0.25, 0.3) is 17.0 Å². The van der Waals surface area contributed by atoms with Crippen LogP contribution < -0.4 is 5.11 Å².